The van der Waals surface area contributed by atoms with Crippen molar-refractivity contribution < 1.29 is 23.1 Å². The number of alkyl halides is 3. The van der Waals surface area contributed by atoms with Crippen LogP contribution < -0.4 is 5.32 Å². The Morgan fingerprint density at radius 1 is 1.44 bits per heavy atom. The predicted molar refractivity (Wildman–Crippen MR) is 57.8 cm³/mol. The van der Waals surface area contributed by atoms with Crippen molar-refractivity contribution in [1.82, 2.24) is 10.2 Å². The van der Waals surface area contributed by atoms with Crippen molar-refractivity contribution in [3.63, 3.8) is 0 Å². The van der Waals surface area contributed by atoms with E-state index in [9.17, 15) is 23.1 Å². The Morgan fingerprint density at radius 2 is 2.06 bits per heavy atom. The maximum Gasteiger partial charge on any atom is 0.419 e. The number of β-amino-alcohol motifs (C(OH)–C–C–N with tert-alkyl or cyclic N) is 1. The number of nitrogens with one attached hydrogen (secondary N) is 1. The van der Waals surface area contributed by atoms with E-state index in [1.807, 2.05) is 0 Å². The van der Waals surface area contributed by atoms with E-state index in [0.29, 0.717) is 18.7 Å². The predicted octanol–water partition coefficient (Wildman–Crippen LogP) is 0.432. The summed E-state index contributed by atoms with van der Waals surface area (Å²) in [6, 6.07) is 0. The molecule has 1 atom stereocenters. The number of hydrogen-bond acceptors (Lipinski definition) is 3. The van der Waals surface area contributed by atoms with Crippen molar-refractivity contribution in [3.8, 4) is 0 Å². The molecule has 0 aromatic carbocycles. The third-order valence-electron chi connectivity index (χ3n) is 3.59. The third kappa shape index (κ3) is 2.12. The van der Waals surface area contributed by atoms with Crippen molar-refractivity contribution >= 4 is 5.91 Å². The Morgan fingerprint density at radius 3 is 2.44 bits per heavy atom. The standard InChI is InChI=1S/C11H15F3N2O2/c1-7(8-4-15-5-8)9(17)16-3-2-10(18,6-16)11(12,13)14/h15,18H,2-6H2,1H3. The summed E-state index contributed by atoms with van der Waals surface area (Å²) < 4.78 is 37.8. The van der Waals surface area contributed by atoms with E-state index >= 15 is 0 Å². The highest BCUT2D eigenvalue weighted by Crippen LogP contribution is 2.38. The highest BCUT2D eigenvalue weighted by Gasteiger charge is 2.57. The summed E-state index contributed by atoms with van der Waals surface area (Å²) in [6.07, 6.45) is -5.15. The minimum atomic E-state index is -4.69. The molecule has 102 valence electrons. The number of amides is 1. The van der Waals surface area contributed by atoms with Gasteiger partial charge in [-0.05, 0) is 12.5 Å². The molecule has 0 spiro atoms. The first-order valence-corrected chi connectivity index (χ1v) is 5.72. The molecule has 0 aliphatic carbocycles. The second kappa shape index (κ2) is 4.24. The summed E-state index contributed by atoms with van der Waals surface area (Å²) in [5.41, 5.74) is -1.35. The fourth-order valence-corrected chi connectivity index (χ4v) is 2.10. The van der Waals surface area contributed by atoms with Crippen molar-refractivity contribution in [2.45, 2.75) is 25.1 Å². The van der Waals surface area contributed by atoms with Crippen LogP contribution >= 0.6 is 0 Å². The first kappa shape index (κ1) is 13.4. The van der Waals surface area contributed by atoms with E-state index in [1.165, 1.54) is 0 Å². The van der Waals surface area contributed by atoms with E-state index in [4.69, 9.17) is 0 Å². The molecule has 0 radical (unpaired) electrons. The van der Waals surface area contributed by atoms with Crippen LogP contribution in [0.3, 0.4) is 0 Å². The van der Waals surface area contributed by atoms with E-state index in [0.717, 1.165) is 10.5 Å². The summed E-state index contributed by atoms with van der Waals surface area (Å²) in [5, 5.41) is 12.5. The Balaban J connectivity index is 2.07. The molecule has 2 aliphatic rings. The number of carbonyl (C=O) groups excluding carboxylic acids is 1. The lowest BCUT2D eigenvalue weighted by Gasteiger charge is -2.27. The highest BCUT2D eigenvalue weighted by molar-refractivity contribution is 5.94. The van der Waals surface area contributed by atoms with Crippen LogP contribution in [0.25, 0.3) is 0 Å². The molecule has 4 nitrogen and oxygen atoms in total. The Kier molecular flexibility index (Phi) is 3.14. The molecule has 2 heterocycles. The van der Waals surface area contributed by atoms with Crippen molar-refractivity contribution in [3.05, 3.63) is 11.1 Å². The largest absolute Gasteiger partial charge is 0.419 e. The van der Waals surface area contributed by atoms with Crippen LogP contribution in [-0.4, -0.2) is 53.9 Å². The maximum atomic E-state index is 12.6. The molecule has 2 saturated heterocycles. The number of hydrogen-bond donors (Lipinski definition) is 2. The van der Waals surface area contributed by atoms with Gasteiger partial charge in [0.15, 0.2) is 5.60 Å². The zero-order chi connectivity index (χ0) is 13.6. The maximum absolute atomic E-state index is 12.6. The minimum Gasteiger partial charge on any atom is -0.379 e. The molecule has 1 unspecified atom stereocenters. The van der Waals surface area contributed by atoms with Crippen LogP contribution in [0.4, 0.5) is 13.2 Å². The summed E-state index contributed by atoms with van der Waals surface area (Å²) in [4.78, 5) is 13.0. The number of nitrogens with zero attached hydrogens (tertiary/aromatic N) is 1. The number of aliphatic hydroxyl groups is 1. The smallest absolute Gasteiger partial charge is 0.379 e. The zero-order valence-corrected chi connectivity index (χ0v) is 9.97. The van der Waals surface area contributed by atoms with Gasteiger partial charge in [-0.25, -0.2) is 0 Å². The molecule has 2 N–H and O–H groups in total. The quantitative estimate of drug-likeness (QED) is 0.675. The second-order valence-corrected chi connectivity index (χ2v) is 4.84. The third-order valence-corrected chi connectivity index (χ3v) is 3.59. The summed E-state index contributed by atoms with van der Waals surface area (Å²) >= 11 is 0. The van der Waals surface area contributed by atoms with E-state index < -0.39 is 30.7 Å². The first-order valence-electron chi connectivity index (χ1n) is 5.72. The van der Waals surface area contributed by atoms with Gasteiger partial charge in [0.2, 0.25) is 5.91 Å². The lowest BCUT2D eigenvalue weighted by molar-refractivity contribution is -0.253. The van der Waals surface area contributed by atoms with Crippen LogP contribution in [-0.2, 0) is 4.79 Å². The van der Waals surface area contributed by atoms with Crippen molar-refractivity contribution in [2.24, 2.45) is 0 Å². The molecular formula is C11H15F3N2O2. The van der Waals surface area contributed by atoms with E-state index in [2.05, 4.69) is 5.32 Å². The molecule has 2 aliphatic heterocycles. The molecular weight excluding hydrogens is 249 g/mol. The lowest BCUT2D eigenvalue weighted by atomic mass is 10.0. The normalized spacial score (nSPS) is 28.3. The van der Waals surface area contributed by atoms with Gasteiger partial charge in [-0.15, -0.1) is 0 Å². The van der Waals surface area contributed by atoms with Crippen LogP contribution in [0.2, 0.25) is 0 Å². The molecule has 1 amide bonds. The highest BCUT2D eigenvalue weighted by atomic mass is 19.4. The minimum absolute atomic E-state index is 0.0626. The van der Waals surface area contributed by atoms with Crippen molar-refractivity contribution in [1.29, 1.82) is 0 Å². The zero-order valence-electron chi connectivity index (χ0n) is 9.97. The molecule has 2 fully saturated rings. The van der Waals surface area contributed by atoms with Crippen LogP contribution in [0.5, 0.6) is 0 Å². The summed E-state index contributed by atoms with van der Waals surface area (Å²) in [7, 11) is 0. The first-order chi connectivity index (χ1) is 8.24. The Labute approximate surface area is 102 Å². The monoisotopic (exact) mass is 264 g/mol. The average Bonchev–Trinajstić information content (AvgIpc) is 2.57. The van der Waals surface area contributed by atoms with E-state index in [1.54, 1.807) is 6.92 Å². The topological polar surface area (TPSA) is 52.6 Å². The fourth-order valence-electron chi connectivity index (χ4n) is 2.10. The molecule has 0 bridgehead atoms. The van der Waals surface area contributed by atoms with Gasteiger partial charge in [-0.1, -0.05) is 0 Å². The molecule has 2 rings (SSSR count). The summed E-state index contributed by atoms with van der Waals surface area (Å²) in [6.45, 7) is 2.09. The van der Waals surface area contributed by atoms with Gasteiger partial charge in [-0.2, -0.15) is 13.2 Å². The van der Waals surface area contributed by atoms with Crippen LogP contribution in [0.15, 0.2) is 11.1 Å². The van der Waals surface area contributed by atoms with Crippen LogP contribution in [0.1, 0.15) is 13.3 Å². The number of likely N-dealkylation sites (tertiary alicyclic amines) is 1. The van der Waals surface area contributed by atoms with Gasteiger partial charge < -0.3 is 15.3 Å². The Bertz CT molecular complexity index is 400. The Hall–Kier alpha value is -1.08. The van der Waals surface area contributed by atoms with Crippen LogP contribution in [0, 0.1) is 0 Å². The second-order valence-electron chi connectivity index (χ2n) is 4.84. The van der Waals surface area contributed by atoms with Gasteiger partial charge in [0, 0.05) is 31.6 Å². The average molecular weight is 264 g/mol. The molecule has 0 aromatic rings. The van der Waals surface area contributed by atoms with Crippen molar-refractivity contribution in [2.75, 3.05) is 26.2 Å². The number of rotatable bonds is 1. The molecule has 18 heavy (non-hydrogen) atoms. The van der Waals surface area contributed by atoms with Gasteiger partial charge in [0.25, 0.3) is 0 Å². The molecule has 0 saturated carbocycles. The fraction of sp³-hybridized carbons (Fsp3) is 0.727. The van der Waals surface area contributed by atoms with E-state index in [-0.39, 0.29) is 6.54 Å². The molecule has 0 aromatic heterocycles. The lowest BCUT2D eigenvalue weighted by Crippen LogP contribution is -2.48. The van der Waals surface area contributed by atoms with Gasteiger partial charge >= 0.3 is 6.18 Å². The number of halogens is 3. The van der Waals surface area contributed by atoms with Gasteiger partial charge in [-0.3, -0.25) is 4.79 Å². The number of carbonyl (C=O) groups is 1. The summed E-state index contributed by atoms with van der Waals surface area (Å²) in [5.74, 6) is -0.410. The SMILES string of the molecule is CC(C(=O)N1CCC(O)(C(F)(F)F)C1)=C1CNC1. The van der Waals surface area contributed by atoms with Gasteiger partial charge in [0.05, 0.1) is 6.54 Å². The molecule has 7 heteroatoms. The van der Waals surface area contributed by atoms with Gasteiger partial charge in [0.1, 0.15) is 0 Å².